The Morgan fingerprint density at radius 1 is 1.15 bits per heavy atom. The predicted molar refractivity (Wildman–Crippen MR) is 79.6 cm³/mol. The summed E-state index contributed by atoms with van der Waals surface area (Å²) < 4.78 is 13.0. The van der Waals surface area contributed by atoms with Crippen LogP contribution in [0.4, 0.5) is 15.8 Å². The third-order valence-electron chi connectivity index (χ3n) is 2.74. The number of halogens is 2. The number of hydrogen-bond donors (Lipinski definition) is 2. The van der Waals surface area contributed by atoms with Gasteiger partial charge in [-0.1, -0.05) is 29.8 Å². The Hall–Kier alpha value is -2.07. The number of anilines is 2. The number of para-hydroxylation sites is 1. The van der Waals surface area contributed by atoms with Gasteiger partial charge in [-0.2, -0.15) is 0 Å². The van der Waals surface area contributed by atoms with Gasteiger partial charge in [0.15, 0.2) is 0 Å². The molecule has 0 aliphatic heterocycles. The van der Waals surface area contributed by atoms with Crippen molar-refractivity contribution >= 4 is 28.9 Å². The molecule has 1 unspecified atom stereocenters. The number of carbonyl (C=O) groups excluding carboxylic acids is 1. The second-order valence-corrected chi connectivity index (χ2v) is 4.76. The summed E-state index contributed by atoms with van der Waals surface area (Å²) in [5.74, 6) is -0.671. The van der Waals surface area contributed by atoms with E-state index in [-0.39, 0.29) is 10.9 Å². The van der Waals surface area contributed by atoms with Gasteiger partial charge in [0.25, 0.3) is 0 Å². The highest BCUT2D eigenvalue weighted by atomic mass is 35.5. The number of carbonyl (C=O) groups is 1. The van der Waals surface area contributed by atoms with E-state index < -0.39 is 11.9 Å². The van der Waals surface area contributed by atoms with Gasteiger partial charge in [-0.25, -0.2) is 4.39 Å². The fourth-order valence-electron chi connectivity index (χ4n) is 1.67. The summed E-state index contributed by atoms with van der Waals surface area (Å²) >= 11 is 5.69. The van der Waals surface area contributed by atoms with E-state index in [9.17, 15) is 9.18 Å². The van der Waals surface area contributed by atoms with E-state index in [0.29, 0.717) is 5.69 Å². The minimum atomic E-state index is -0.487. The third-order valence-corrected chi connectivity index (χ3v) is 3.03. The molecule has 0 saturated carbocycles. The SMILES string of the molecule is CC(Nc1ccc(F)c(Cl)c1)C(=O)Nc1ccccc1. The quantitative estimate of drug-likeness (QED) is 0.897. The lowest BCUT2D eigenvalue weighted by molar-refractivity contribution is -0.116. The predicted octanol–water partition coefficient (Wildman–Crippen LogP) is 3.92. The van der Waals surface area contributed by atoms with E-state index in [2.05, 4.69) is 10.6 Å². The highest BCUT2D eigenvalue weighted by molar-refractivity contribution is 6.31. The maximum atomic E-state index is 13.0. The molecule has 104 valence electrons. The summed E-state index contributed by atoms with van der Waals surface area (Å²) in [5.41, 5.74) is 1.32. The van der Waals surface area contributed by atoms with Crippen LogP contribution in [-0.2, 0) is 4.79 Å². The number of nitrogens with one attached hydrogen (secondary N) is 2. The summed E-state index contributed by atoms with van der Waals surface area (Å²) in [6.45, 7) is 1.72. The number of amides is 1. The Kier molecular flexibility index (Phi) is 4.58. The molecule has 0 heterocycles. The Morgan fingerprint density at radius 2 is 1.85 bits per heavy atom. The monoisotopic (exact) mass is 292 g/mol. The summed E-state index contributed by atoms with van der Waals surface area (Å²) in [4.78, 5) is 12.0. The molecule has 0 aromatic heterocycles. The molecular formula is C15H14ClFN2O. The Balaban J connectivity index is 1.98. The zero-order valence-corrected chi connectivity index (χ0v) is 11.6. The van der Waals surface area contributed by atoms with Gasteiger partial charge in [-0.05, 0) is 37.3 Å². The molecule has 2 aromatic carbocycles. The normalized spacial score (nSPS) is 11.8. The lowest BCUT2D eigenvalue weighted by Crippen LogP contribution is -2.31. The van der Waals surface area contributed by atoms with E-state index in [0.717, 1.165) is 5.69 Å². The van der Waals surface area contributed by atoms with E-state index in [1.807, 2.05) is 18.2 Å². The molecule has 1 amide bonds. The number of hydrogen-bond acceptors (Lipinski definition) is 2. The zero-order valence-electron chi connectivity index (χ0n) is 10.9. The highest BCUT2D eigenvalue weighted by Crippen LogP contribution is 2.20. The molecule has 0 saturated heterocycles. The van der Waals surface area contributed by atoms with Gasteiger partial charge in [0, 0.05) is 11.4 Å². The maximum Gasteiger partial charge on any atom is 0.246 e. The maximum absolute atomic E-state index is 13.0. The van der Waals surface area contributed by atoms with Crippen molar-refractivity contribution in [2.75, 3.05) is 10.6 Å². The van der Waals surface area contributed by atoms with Crippen LogP contribution in [0.5, 0.6) is 0 Å². The topological polar surface area (TPSA) is 41.1 Å². The molecule has 1 atom stereocenters. The molecule has 0 radical (unpaired) electrons. The molecule has 0 aliphatic carbocycles. The van der Waals surface area contributed by atoms with Crippen LogP contribution in [0.15, 0.2) is 48.5 Å². The Labute approximate surface area is 121 Å². The van der Waals surface area contributed by atoms with Gasteiger partial charge in [0.2, 0.25) is 5.91 Å². The average Bonchev–Trinajstić information content (AvgIpc) is 2.44. The second kappa shape index (κ2) is 6.39. The van der Waals surface area contributed by atoms with Crippen LogP contribution in [0, 0.1) is 5.82 Å². The molecule has 2 aromatic rings. The molecule has 0 spiro atoms. The minimum absolute atomic E-state index is 0.0191. The smallest absolute Gasteiger partial charge is 0.246 e. The first-order valence-electron chi connectivity index (χ1n) is 6.14. The fraction of sp³-hybridized carbons (Fsp3) is 0.133. The van der Waals surface area contributed by atoms with E-state index in [1.165, 1.54) is 18.2 Å². The number of rotatable bonds is 4. The van der Waals surface area contributed by atoms with Crippen LogP contribution in [0.25, 0.3) is 0 Å². The van der Waals surface area contributed by atoms with Crippen LogP contribution in [0.2, 0.25) is 5.02 Å². The van der Waals surface area contributed by atoms with E-state index in [4.69, 9.17) is 11.6 Å². The summed E-state index contributed by atoms with van der Waals surface area (Å²) in [7, 11) is 0. The minimum Gasteiger partial charge on any atom is -0.374 e. The van der Waals surface area contributed by atoms with Gasteiger partial charge >= 0.3 is 0 Å². The van der Waals surface area contributed by atoms with Gasteiger partial charge in [0.05, 0.1) is 5.02 Å². The average molecular weight is 293 g/mol. The highest BCUT2D eigenvalue weighted by Gasteiger charge is 2.13. The van der Waals surface area contributed by atoms with Crippen LogP contribution in [-0.4, -0.2) is 11.9 Å². The first kappa shape index (κ1) is 14.3. The molecule has 5 heteroatoms. The molecule has 3 nitrogen and oxygen atoms in total. The van der Waals surface area contributed by atoms with Crippen LogP contribution in [0.1, 0.15) is 6.92 Å². The summed E-state index contributed by atoms with van der Waals surface area (Å²) in [5, 5.41) is 5.77. The Morgan fingerprint density at radius 3 is 2.50 bits per heavy atom. The molecule has 0 aliphatic rings. The second-order valence-electron chi connectivity index (χ2n) is 4.35. The van der Waals surface area contributed by atoms with Crippen LogP contribution >= 0.6 is 11.6 Å². The fourth-order valence-corrected chi connectivity index (χ4v) is 1.85. The standard InChI is InChI=1S/C15H14ClFN2O/c1-10(15(20)19-11-5-3-2-4-6-11)18-12-7-8-14(17)13(16)9-12/h2-10,18H,1H3,(H,19,20). The molecule has 2 N–H and O–H groups in total. The van der Waals surface area contributed by atoms with Gasteiger partial charge in [-0.15, -0.1) is 0 Å². The van der Waals surface area contributed by atoms with Crippen LogP contribution in [0.3, 0.4) is 0 Å². The first-order chi connectivity index (χ1) is 9.56. The molecule has 0 bridgehead atoms. The van der Waals surface area contributed by atoms with Crippen molar-refractivity contribution in [2.45, 2.75) is 13.0 Å². The number of benzene rings is 2. The van der Waals surface area contributed by atoms with Crippen molar-refractivity contribution in [3.63, 3.8) is 0 Å². The van der Waals surface area contributed by atoms with E-state index in [1.54, 1.807) is 19.1 Å². The van der Waals surface area contributed by atoms with Crippen molar-refractivity contribution in [3.05, 3.63) is 59.4 Å². The van der Waals surface area contributed by atoms with Crippen molar-refractivity contribution < 1.29 is 9.18 Å². The van der Waals surface area contributed by atoms with E-state index >= 15 is 0 Å². The Bertz CT molecular complexity index is 604. The lowest BCUT2D eigenvalue weighted by Gasteiger charge is -2.15. The summed E-state index contributed by atoms with van der Waals surface area (Å²) in [6.07, 6.45) is 0. The molecular weight excluding hydrogens is 279 g/mol. The molecule has 0 fully saturated rings. The third kappa shape index (κ3) is 3.71. The first-order valence-corrected chi connectivity index (χ1v) is 6.51. The van der Waals surface area contributed by atoms with Gasteiger partial charge in [-0.3, -0.25) is 4.79 Å². The summed E-state index contributed by atoms with van der Waals surface area (Å²) in [6, 6.07) is 12.9. The molecule has 20 heavy (non-hydrogen) atoms. The van der Waals surface area contributed by atoms with Crippen molar-refractivity contribution in [1.82, 2.24) is 0 Å². The van der Waals surface area contributed by atoms with Crippen molar-refractivity contribution in [2.24, 2.45) is 0 Å². The zero-order chi connectivity index (χ0) is 14.5. The van der Waals surface area contributed by atoms with Crippen molar-refractivity contribution in [3.8, 4) is 0 Å². The van der Waals surface area contributed by atoms with Crippen LogP contribution < -0.4 is 10.6 Å². The van der Waals surface area contributed by atoms with Gasteiger partial charge < -0.3 is 10.6 Å². The van der Waals surface area contributed by atoms with Gasteiger partial charge in [0.1, 0.15) is 11.9 Å². The molecule has 2 rings (SSSR count). The largest absolute Gasteiger partial charge is 0.374 e. The lowest BCUT2D eigenvalue weighted by atomic mass is 10.2. The van der Waals surface area contributed by atoms with Crippen molar-refractivity contribution in [1.29, 1.82) is 0 Å².